The van der Waals surface area contributed by atoms with Gasteiger partial charge in [-0.3, -0.25) is 9.59 Å². The number of hydrogen-bond acceptors (Lipinski definition) is 6. The molecule has 1 aromatic heterocycles. The Balaban J connectivity index is 1.36. The van der Waals surface area contributed by atoms with E-state index in [1.54, 1.807) is 0 Å². The van der Waals surface area contributed by atoms with E-state index in [0.29, 0.717) is 10.7 Å². The zero-order valence-electron chi connectivity index (χ0n) is 17.0. The van der Waals surface area contributed by atoms with Gasteiger partial charge in [-0.15, -0.1) is 10.2 Å². The summed E-state index contributed by atoms with van der Waals surface area (Å²) in [5.74, 6) is -1.04. The van der Waals surface area contributed by atoms with Crippen LogP contribution in [-0.2, 0) is 22.6 Å². The number of benzene rings is 2. The minimum atomic E-state index is -0.444. The first-order chi connectivity index (χ1) is 15.0. The van der Waals surface area contributed by atoms with E-state index in [2.05, 4.69) is 33.0 Å². The van der Waals surface area contributed by atoms with Gasteiger partial charge in [-0.1, -0.05) is 41.7 Å². The molecule has 1 atom stereocenters. The second-order valence-electron chi connectivity index (χ2n) is 6.95. The number of nitrogens with one attached hydrogen (secondary N) is 2. The van der Waals surface area contributed by atoms with Crippen LogP contribution in [0.5, 0.6) is 0 Å². The fraction of sp³-hybridized carbons (Fsp3) is 0.273. The second kappa shape index (κ2) is 11.3. The standard InChI is InChI=1S/C22H23FN4O3S/c1-15(7-8-16-5-3-2-4-6-16)24-19(28)13-30-14-20-26-27-22(31-20)21(29)25-18-11-9-17(23)10-12-18/h2-6,9-12,15H,7-8,13-14H2,1H3,(H,24,28)(H,25,29)/t15-/m1/s1. The highest BCUT2D eigenvalue weighted by molar-refractivity contribution is 7.13. The highest BCUT2D eigenvalue weighted by Crippen LogP contribution is 2.14. The Morgan fingerprint density at radius 3 is 2.58 bits per heavy atom. The molecular formula is C22H23FN4O3S. The molecule has 0 spiro atoms. The summed E-state index contributed by atoms with van der Waals surface area (Å²) in [4.78, 5) is 24.2. The quantitative estimate of drug-likeness (QED) is 0.501. The summed E-state index contributed by atoms with van der Waals surface area (Å²) in [6, 6.07) is 15.5. The number of carbonyl (C=O) groups is 2. The molecule has 3 aromatic rings. The topological polar surface area (TPSA) is 93.2 Å². The van der Waals surface area contributed by atoms with Crippen LogP contribution in [0.25, 0.3) is 0 Å². The summed E-state index contributed by atoms with van der Waals surface area (Å²) >= 11 is 1.07. The van der Waals surface area contributed by atoms with E-state index < -0.39 is 5.91 Å². The number of aryl methyl sites for hydroxylation is 1. The van der Waals surface area contributed by atoms with Gasteiger partial charge in [0.15, 0.2) is 0 Å². The van der Waals surface area contributed by atoms with Crippen molar-refractivity contribution in [3.63, 3.8) is 0 Å². The smallest absolute Gasteiger partial charge is 0.286 e. The zero-order chi connectivity index (χ0) is 22.1. The first-order valence-corrected chi connectivity index (χ1v) is 10.6. The molecule has 0 aliphatic rings. The van der Waals surface area contributed by atoms with Gasteiger partial charge in [0.05, 0.1) is 0 Å². The SMILES string of the molecule is C[C@H](CCc1ccccc1)NC(=O)COCc1nnc(C(=O)Nc2ccc(F)cc2)s1. The lowest BCUT2D eigenvalue weighted by atomic mass is 10.1. The number of nitrogens with zero attached hydrogens (tertiary/aromatic N) is 2. The van der Waals surface area contributed by atoms with Crippen LogP contribution in [0.15, 0.2) is 54.6 Å². The maximum Gasteiger partial charge on any atom is 0.286 e. The average molecular weight is 443 g/mol. The first-order valence-electron chi connectivity index (χ1n) is 9.80. The fourth-order valence-electron chi connectivity index (χ4n) is 2.77. The van der Waals surface area contributed by atoms with Crippen LogP contribution in [-0.4, -0.2) is 34.7 Å². The Morgan fingerprint density at radius 2 is 1.84 bits per heavy atom. The van der Waals surface area contributed by atoms with Gasteiger partial charge in [0.25, 0.3) is 5.91 Å². The second-order valence-corrected chi connectivity index (χ2v) is 8.01. The van der Waals surface area contributed by atoms with Crippen molar-refractivity contribution in [3.05, 3.63) is 76.0 Å². The van der Waals surface area contributed by atoms with Crippen LogP contribution < -0.4 is 10.6 Å². The van der Waals surface area contributed by atoms with Crippen molar-refractivity contribution < 1.29 is 18.7 Å². The molecule has 162 valence electrons. The number of rotatable bonds is 10. The molecule has 2 amide bonds. The molecule has 0 saturated carbocycles. The van der Waals surface area contributed by atoms with Crippen molar-refractivity contribution in [2.45, 2.75) is 32.4 Å². The molecule has 9 heteroatoms. The van der Waals surface area contributed by atoms with Crippen LogP contribution in [0.1, 0.15) is 33.7 Å². The molecule has 0 fully saturated rings. The monoisotopic (exact) mass is 442 g/mol. The predicted octanol–water partition coefficient (Wildman–Crippen LogP) is 3.58. The molecule has 2 N–H and O–H groups in total. The van der Waals surface area contributed by atoms with Gasteiger partial charge in [-0.2, -0.15) is 0 Å². The maximum absolute atomic E-state index is 12.9. The van der Waals surface area contributed by atoms with E-state index >= 15 is 0 Å². The average Bonchev–Trinajstić information content (AvgIpc) is 3.24. The number of aromatic nitrogens is 2. The number of anilines is 1. The summed E-state index contributed by atoms with van der Waals surface area (Å²) in [5.41, 5.74) is 1.69. The summed E-state index contributed by atoms with van der Waals surface area (Å²) in [7, 11) is 0. The molecule has 0 aliphatic carbocycles. The fourth-order valence-corrected chi connectivity index (χ4v) is 3.44. The largest absolute Gasteiger partial charge is 0.364 e. The Morgan fingerprint density at radius 1 is 1.10 bits per heavy atom. The summed E-state index contributed by atoms with van der Waals surface area (Å²) in [6.07, 6.45) is 1.72. The molecule has 31 heavy (non-hydrogen) atoms. The Kier molecular flexibility index (Phi) is 8.19. The highest BCUT2D eigenvalue weighted by Gasteiger charge is 2.14. The van der Waals surface area contributed by atoms with Crippen LogP contribution in [0, 0.1) is 5.82 Å². The summed E-state index contributed by atoms with van der Waals surface area (Å²) < 4.78 is 18.3. The van der Waals surface area contributed by atoms with Crippen molar-refractivity contribution in [1.82, 2.24) is 15.5 Å². The van der Waals surface area contributed by atoms with E-state index in [0.717, 1.165) is 24.2 Å². The molecule has 7 nitrogen and oxygen atoms in total. The molecule has 0 aliphatic heterocycles. The van der Waals surface area contributed by atoms with Crippen molar-refractivity contribution in [3.8, 4) is 0 Å². The van der Waals surface area contributed by atoms with Crippen molar-refractivity contribution in [2.24, 2.45) is 0 Å². The van der Waals surface area contributed by atoms with E-state index in [-0.39, 0.29) is 36.0 Å². The van der Waals surface area contributed by atoms with Gasteiger partial charge in [0.2, 0.25) is 10.9 Å². The van der Waals surface area contributed by atoms with Gasteiger partial charge in [0.1, 0.15) is 24.0 Å². The van der Waals surface area contributed by atoms with Crippen molar-refractivity contribution >= 4 is 28.8 Å². The minimum Gasteiger partial charge on any atom is -0.364 e. The Bertz CT molecular complexity index is 996. The Hall–Kier alpha value is -3.17. The first kappa shape index (κ1) is 22.5. The molecule has 0 radical (unpaired) electrons. The zero-order valence-corrected chi connectivity index (χ0v) is 17.8. The number of ether oxygens (including phenoxy) is 1. The van der Waals surface area contributed by atoms with E-state index in [1.807, 2.05) is 25.1 Å². The third-order valence-electron chi connectivity index (χ3n) is 4.34. The van der Waals surface area contributed by atoms with Crippen LogP contribution in [0.2, 0.25) is 0 Å². The lowest BCUT2D eigenvalue weighted by molar-refractivity contribution is -0.126. The highest BCUT2D eigenvalue weighted by atomic mass is 32.1. The van der Waals surface area contributed by atoms with E-state index in [9.17, 15) is 14.0 Å². The van der Waals surface area contributed by atoms with E-state index in [4.69, 9.17) is 4.74 Å². The molecule has 2 aromatic carbocycles. The van der Waals surface area contributed by atoms with Crippen LogP contribution >= 0.6 is 11.3 Å². The van der Waals surface area contributed by atoms with Gasteiger partial charge < -0.3 is 15.4 Å². The molecule has 3 rings (SSSR count). The third kappa shape index (κ3) is 7.54. The molecule has 0 saturated heterocycles. The third-order valence-corrected chi connectivity index (χ3v) is 5.23. The molecule has 0 unspecified atom stereocenters. The Labute approximate surface area is 183 Å². The van der Waals surface area contributed by atoms with Gasteiger partial charge >= 0.3 is 0 Å². The van der Waals surface area contributed by atoms with Crippen molar-refractivity contribution in [2.75, 3.05) is 11.9 Å². The number of amides is 2. The molecule has 0 bridgehead atoms. The minimum absolute atomic E-state index is 0.0274. The summed E-state index contributed by atoms with van der Waals surface area (Å²) in [6.45, 7) is 1.93. The summed E-state index contributed by atoms with van der Waals surface area (Å²) in [5, 5.41) is 13.9. The molecular weight excluding hydrogens is 419 g/mol. The van der Waals surface area contributed by atoms with Crippen LogP contribution in [0.4, 0.5) is 10.1 Å². The number of hydrogen-bond donors (Lipinski definition) is 2. The van der Waals surface area contributed by atoms with Crippen molar-refractivity contribution in [1.29, 1.82) is 0 Å². The maximum atomic E-state index is 12.9. The molecule has 1 heterocycles. The van der Waals surface area contributed by atoms with Gasteiger partial charge in [-0.05, 0) is 49.6 Å². The lowest BCUT2D eigenvalue weighted by Crippen LogP contribution is -2.35. The van der Waals surface area contributed by atoms with Gasteiger partial charge in [-0.25, -0.2) is 4.39 Å². The number of halogens is 1. The number of carbonyl (C=O) groups excluding carboxylic acids is 2. The predicted molar refractivity (Wildman–Crippen MR) is 116 cm³/mol. The lowest BCUT2D eigenvalue weighted by Gasteiger charge is -2.13. The van der Waals surface area contributed by atoms with Crippen LogP contribution in [0.3, 0.4) is 0 Å². The van der Waals surface area contributed by atoms with E-state index in [1.165, 1.54) is 29.8 Å². The van der Waals surface area contributed by atoms with Gasteiger partial charge in [0, 0.05) is 11.7 Å². The normalized spacial score (nSPS) is 11.7.